The minimum atomic E-state index is 0.196. The quantitative estimate of drug-likeness (QED) is 0.323. The lowest BCUT2D eigenvalue weighted by Gasteiger charge is -1.94. The highest BCUT2D eigenvalue weighted by molar-refractivity contribution is 6.21. The molecule has 0 heterocycles. The second-order valence-corrected chi connectivity index (χ2v) is 3.64. The second-order valence-electron chi connectivity index (χ2n) is 2.96. The molecule has 66 valence electrons. The fourth-order valence-electron chi connectivity index (χ4n) is 0.973. The van der Waals surface area contributed by atoms with Crippen molar-refractivity contribution in [1.29, 1.82) is 0 Å². The van der Waals surface area contributed by atoms with Crippen LogP contribution < -0.4 is 0 Å². The molecular formula is C10H19Cl. The lowest BCUT2D eigenvalue weighted by atomic mass is 10.1. The lowest BCUT2D eigenvalue weighted by Crippen LogP contribution is -1.81. The molecule has 0 fully saturated rings. The number of alkyl halides is 1. The summed E-state index contributed by atoms with van der Waals surface area (Å²) in [4.78, 5) is 0. The van der Waals surface area contributed by atoms with Gasteiger partial charge in [0.2, 0.25) is 0 Å². The third-order valence-electron chi connectivity index (χ3n) is 1.63. The maximum Gasteiger partial charge on any atom is 0.0487 e. The first-order valence-corrected chi connectivity index (χ1v) is 5.01. The van der Waals surface area contributed by atoms with Gasteiger partial charge in [0.15, 0.2) is 0 Å². The highest BCUT2D eigenvalue weighted by Crippen LogP contribution is 2.04. The molecule has 0 aromatic heterocycles. The molecule has 0 aromatic carbocycles. The van der Waals surface area contributed by atoms with E-state index in [0.717, 1.165) is 0 Å². The third kappa shape index (κ3) is 10.0. The average molecular weight is 175 g/mol. The maximum atomic E-state index is 5.73. The zero-order chi connectivity index (χ0) is 8.53. The van der Waals surface area contributed by atoms with Crippen LogP contribution in [-0.4, -0.2) is 5.38 Å². The fourth-order valence-corrected chi connectivity index (χ4v) is 1.08. The fraction of sp³-hybridized carbons (Fsp3) is 0.800. The first-order valence-electron chi connectivity index (χ1n) is 4.58. The number of allylic oxidation sites excluding steroid dienone is 2. The van der Waals surface area contributed by atoms with Crippen LogP contribution in [0.1, 0.15) is 46.0 Å². The topological polar surface area (TPSA) is 0 Å². The van der Waals surface area contributed by atoms with Gasteiger partial charge in [0.25, 0.3) is 0 Å². The summed E-state index contributed by atoms with van der Waals surface area (Å²) in [7, 11) is 0. The van der Waals surface area contributed by atoms with Crippen LogP contribution in [-0.2, 0) is 0 Å². The first kappa shape index (κ1) is 11.0. The van der Waals surface area contributed by atoms with Crippen molar-refractivity contribution >= 4 is 11.6 Å². The minimum Gasteiger partial charge on any atom is -0.119 e. The Bertz CT molecular complexity index is 95.0. The van der Waals surface area contributed by atoms with Gasteiger partial charge in [0.1, 0.15) is 0 Å². The number of halogens is 1. The minimum absolute atomic E-state index is 0.196. The molecule has 0 saturated heterocycles. The first-order chi connectivity index (χ1) is 5.27. The van der Waals surface area contributed by atoms with Gasteiger partial charge in [-0.3, -0.25) is 0 Å². The van der Waals surface area contributed by atoms with Crippen molar-refractivity contribution in [2.24, 2.45) is 0 Å². The highest BCUT2D eigenvalue weighted by atomic mass is 35.5. The van der Waals surface area contributed by atoms with E-state index in [2.05, 4.69) is 19.1 Å². The van der Waals surface area contributed by atoms with E-state index >= 15 is 0 Å². The standard InChI is InChI=1S/C10H19Cl/c1-3-4-5-6-7-8-9-10(2)11/h8-10H,3-7H2,1-2H3. The molecule has 0 N–H and O–H groups in total. The molecule has 0 amide bonds. The molecular weight excluding hydrogens is 156 g/mol. The predicted octanol–water partition coefficient (Wildman–Crippen LogP) is 4.14. The van der Waals surface area contributed by atoms with Crippen LogP contribution in [0.15, 0.2) is 12.2 Å². The Labute approximate surface area is 75.6 Å². The van der Waals surface area contributed by atoms with Crippen molar-refractivity contribution in [3.63, 3.8) is 0 Å². The van der Waals surface area contributed by atoms with Crippen LogP contribution >= 0.6 is 11.6 Å². The summed E-state index contributed by atoms with van der Waals surface area (Å²) in [5.74, 6) is 0. The zero-order valence-electron chi connectivity index (χ0n) is 7.65. The number of hydrogen-bond donors (Lipinski definition) is 0. The summed E-state index contributed by atoms with van der Waals surface area (Å²) < 4.78 is 0. The average Bonchev–Trinajstić information content (AvgIpc) is 1.96. The Morgan fingerprint density at radius 1 is 1.27 bits per heavy atom. The molecule has 0 spiro atoms. The van der Waals surface area contributed by atoms with Gasteiger partial charge in [-0.1, -0.05) is 38.3 Å². The Hall–Kier alpha value is 0.0300. The molecule has 1 atom stereocenters. The zero-order valence-corrected chi connectivity index (χ0v) is 8.40. The van der Waals surface area contributed by atoms with E-state index in [1.54, 1.807) is 0 Å². The van der Waals surface area contributed by atoms with E-state index in [1.165, 1.54) is 32.1 Å². The van der Waals surface area contributed by atoms with Gasteiger partial charge in [0, 0.05) is 5.38 Å². The summed E-state index contributed by atoms with van der Waals surface area (Å²) in [6.07, 6.45) is 10.8. The number of hydrogen-bond acceptors (Lipinski definition) is 0. The molecule has 11 heavy (non-hydrogen) atoms. The smallest absolute Gasteiger partial charge is 0.0487 e. The summed E-state index contributed by atoms with van der Waals surface area (Å²) in [6, 6.07) is 0. The van der Waals surface area contributed by atoms with Crippen molar-refractivity contribution < 1.29 is 0 Å². The SMILES string of the molecule is CCCCCCC=CC(C)Cl. The lowest BCUT2D eigenvalue weighted by molar-refractivity contribution is 0.674. The van der Waals surface area contributed by atoms with Gasteiger partial charge in [-0.05, 0) is 19.8 Å². The predicted molar refractivity (Wildman–Crippen MR) is 53.2 cm³/mol. The van der Waals surface area contributed by atoms with Crippen LogP contribution in [0.5, 0.6) is 0 Å². The molecule has 0 radical (unpaired) electrons. The molecule has 0 aromatic rings. The normalized spacial score (nSPS) is 14.1. The molecule has 0 saturated carbocycles. The Kier molecular flexibility index (Phi) is 8.15. The van der Waals surface area contributed by atoms with Crippen molar-refractivity contribution in [2.45, 2.75) is 51.3 Å². The molecule has 0 aliphatic heterocycles. The Balaban J connectivity index is 3.01. The molecule has 1 heteroatoms. The van der Waals surface area contributed by atoms with Gasteiger partial charge in [-0.15, -0.1) is 11.6 Å². The maximum absolute atomic E-state index is 5.73. The van der Waals surface area contributed by atoms with Gasteiger partial charge >= 0.3 is 0 Å². The van der Waals surface area contributed by atoms with Crippen LogP contribution in [0.2, 0.25) is 0 Å². The van der Waals surface area contributed by atoms with E-state index in [1.807, 2.05) is 6.92 Å². The molecule has 0 aliphatic carbocycles. The van der Waals surface area contributed by atoms with E-state index < -0.39 is 0 Å². The molecule has 0 rings (SSSR count). The number of rotatable bonds is 6. The van der Waals surface area contributed by atoms with Gasteiger partial charge in [-0.25, -0.2) is 0 Å². The number of unbranched alkanes of at least 4 members (excludes halogenated alkanes) is 4. The van der Waals surface area contributed by atoms with Crippen LogP contribution in [0.3, 0.4) is 0 Å². The highest BCUT2D eigenvalue weighted by Gasteiger charge is 1.86. The van der Waals surface area contributed by atoms with Gasteiger partial charge in [-0.2, -0.15) is 0 Å². The van der Waals surface area contributed by atoms with Gasteiger partial charge < -0.3 is 0 Å². The van der Waals surface area contributed by atoms with Crippen LogP contribution in [0, 0.1) is 0 Å². The summed E-state index contributed by atoms with van der Waals surface area (Å²) in [5, 5.41) is 0.196. The van der Waals surface area contributed by atoms with E-state index in [4.69, 9.17) is 11.6 Å². The van der Waals surface area contributed by atoms with E-state index in [0.29, 0.717) is 0 Å². The van der Waals surface area contributed by atoms with E-state index in [9.17, 15) is 0 Å². The molecule has 0 nitrogen and oxygen atoms in total. The largest absolute Gasteiger partial charge is 0.119 e. The van der Waals surface area contributed by atoms with Crippen molar-refractivity contribution in [3.8, 4) is 0 Å². The molecule has 0 bridgehead atoms. The monoisotopic (exact) mass is 174 g/mol. The third-order valence-corrected chi connectivity index (χ3v) is 1.77. The van der Waals surface area contributed by atoms with Crippen molar-refractivity contribution in [3.05, 3.63) is 12.2 Å². The molecule has 0 aliphatic rings. The van der Waals surface area contributed by atoms with Crippen LogP contribution in [0.25, 0.3) is 0 Å². The second kappa shape index (κ2) is 8.13. The van der Waals surface area contributed by atoms with Crippen molar-refractivity contribution in [1.82, 2.24) is 0 Å². The summed E-state index contributed by atoms with van der Waals surface area (Å²) >= 11 is 5.73. The Morgan fingerprint density at radius 3 is 2.55 bits per heavy atom. The van der Waals surface area contributed by atoms with Gasteiger partial charge in [0.05, 0.1) is 0 Å². The summed E-state index contributed by atoms with van der Waals surface area (Å²) in [5.41, 5.74) is 0. The van der Waals surface area contributed by atoms with Crippen LogP contribution in [0.4, 0.5) is 0 Å². The molecule has 1 unspecified atom stereocenters. The Morgan fingerprint density at radius 2 is 2.00 bits per heavy atom. The van der Waals surface area contributed by atoms with E-state index in [-0.39, 0.29) is 5.38 Å². The van der Waals surface area contributed by atoms with Crippen molar-refractivity contribution in [2.75, 3.05) is 0 Å². The summed E-state index contributed by atoms with van der Waals surface area (Å²) in [6.45, 7) is 4.22.